The topological polar surface area (TPSA) is 46.9 Å². The highest BCUT2D eigenvalue weighted by Gasteiger charge is 2.19. The molecule has 0 spiro atoms. The van der Waals surface area contributed by atoms with Gasteiger partial charge in [-0.2, -0.15) is 5.10 Å². The van der Waals surface area contributed by atoms with E-state index >= 15 is 0 Å². The second-order valence-electron chi connectivity index (χ2n) is 6.58. The maximum Gasteiger partial charge on any atom is 0.226 e. The van der Waals surface area contributed by atoms with Crippen LogP contribution in [0, 0.1) is 0 Å². The maximum atomic E-state index is 12.9. The lowest BCUT2D eigenvalue weighted by Gasteiger charge is -2.18. The van der Waals surface area contributed by atoms with Gasteiger partial charge in [0.05, 0.1) is 12.7 Å². The quantitative estimate of drug-likeness (QED) is 0.476. The highest BCUT2D eigenvalue weighted by Crippen LogP contribution is 2.28. The standard InChI is InChI=1S/C23H21N3OS/c27-23(25-22-13-14-24-26(22)17-20-12-7-15-28-20)16-21(18-8-3-1-4-9-18)19-10-5-2-6-11-19/h1-15,21H,16-17H2,(H,25,27). The molecule has 0 aliphatic rings. The van der Waals surface area contributed by atoms with Crippen LogP contribution >= 0.6 is 11.3 Å². The first-order valence-corrected chi connectivity index (χ1v) is 10.1. The minimum atomic E-state index is -0.0226. The molecule has 2 aromatic carbocycles. The molecule has 0 unspecified atom stereocenters. The maximum absolute atomic E-state index is 12.9. The lowest BCUT2D eigenvalue weighted by molar-refractivity contribution is -0.116. The van der Waals surface area contributed by atoms with Crippen LogP contribution in [0.3, 0.4) is 0 Å². The molecule has 1 amide bonds. The number of anilines is 1. The number of rotatable bonds is 7. The summed E-state index contributed by atoms with van der Waals surface area (Å²) >= 11 is 1.68. The molecule has 0 saturated heterocycles. The van der Waals surface area contributed by atoms with Crippen molar-refractivity contribution in [3.63, 3.8) is 0 Å². The number of carbonyl (C=O) groups excluding carboxylic acids is 1. The second kappa shape index (κ2) is 8.67. The highest BCUT2D eigenvalue weighted by atomic mass is 32.1. The van der Waals surface area contributed by atoms with Gasteiger partial charge in [-0.05, 0) is 22.6 Å². The van der Waals surface area contributed by atoms with Crippen LogP contribution in [-0.2, 0) is 11.3 Å². The van der Waals surface area contributed by atoms with E-state index in [0.717, 1.165) is 16.9 Å². The molecular weight excluding hydrogens is 366 g/mol. The van der Waals surface area contributed by atoms with Gasteiger partial charge in [-0.3, -0.25) is 4.79 Å². The van der Waals surface area contributed by atoms with Crippen molar-refractivity contribution in [2.75, 3.05) is 5.32 Å². The van der Waals surface area contributed by atoms with Gasteiger partial charge < -0.3 is 5.32 Å². The van der Waals surface area contributed by atoms with Crippen molar-refractivity contribution >= 4 is 23.1 Å². The van der Waals surface area contributed by atoms with E-state index in [-0.39, 0.29) is 11.8 Å². The van der Waals surface area contributed by atoms with Crippen molar-refractivity contribution in [1.82, 2.24) is 9.78 Å². The van der Waals surface area contributed by atoms with Crippen LogP contribution in [0.15, 0.2) is 90.4 Å². The van der Waals surface area contributed by atoms with Gasteiger partial charge in [0.1, 0.15) is 5.82 Å². The van der Waals surface area contributed by atoms with Crippen molar-refractivity contribution in [2.24, 2.45) is 0 Å². The molecule has 2 aromatic heterocycles. The summed E-state index contributed by atoms with van der Waals surface area (Å²) in [4.78, 5) is 14.1. The van der Waals surface area contributed by atoms with Gasteiger partial charge in [0.25, 0.3) is 0 Å². The van der Waals surface area contributed by atoms with Crippen LogP contribution in [0.25, 0.3) is 0 Å². The number of aromatic nitrogens is 2. The number of hydrogen-bond donors (Lipinski definition) is 1. The third kappa shape index (κ3) is 4.38. The summed E-state index contributed by atoms with van der Waals surface area (Å²) < 4.78 is 1.82. The molecule has 0 saturated carbocycles. The normalized spacial score (nSPS) is 10.9. The summed E-state index contributed by atoms with van der Waals surface area (Å²) in [6.45, 7) is 0.654. The molecule has 0 aliphatic heterocycles. The van der Waals surface area contributed by atoms with Crippen LogP contribution in [-0.4, -0.2) is 15.7 Å². The molecule has 4 nitrogen and oxygen atoms in total. The molecule has 0 aliphatic carbocycles. The highest BCUT2D eigenvalue weighted by molar-refractivity contribution is 7.09. The van der Waals surface area contributed by atoms with E-state index in [1.807, 2.05) is 58.6 Å². The largest absolute Gasteiger partial charge is 0.311 e. The number of nitrogens with zero attached hydrogens (tertiary/aromatic N) is 2. The minimum absolute atomic E-state index is 0.0102. The van der Waals surface area contributed by atoms with Crippen LogP contribution in [0.1, 0.15) is 28.3 Å². The van der Waals surface area contributed by atoms with Gasteiger partial charge >= 0.3 is 0 Å². The molecule has 0 fully saturated rings. The molecule has 0 atom stereocenters. The Morgan fingerprint density at radius 2 is 1.61 bits per heavy atom. The lowest BCUT2D eigenvalue weighted by Crippen LogP contribution is -2.19. The number of benzene rings is 2. The fraction of sp³-hybridized carbons (Fsp3) is 0.130. The molecule has 0 radical (unpaired) electrons. The van der Waals surface area contributed by atoms with E-state index in [2.05, 4.69) is 40.7 Å². The molecule has 4 aromatic rings. The first-order chi connectivity index (χ1) is 13.8. The lowest BCUT2D eigenvalue weighted by atomic mass is 9.88. The SMILES string of the molecule is O=C(CC(c1ccccc1)c1ccccc1)Nc1ccnn1Cc1cccs1. The van der Waals surface area contributed by atoms with Crippen molar-refractivity contribution in [1.29, 1.82) is 0 Å². The van der Waals surface area contributed by atoms with E-state index in [9.17, 15) is 4.79 Å². The molecule has 5 heteroatoms. The average molecular weight is 388 g/mol. The summed E-state index contributed by atoms with van der Waals surface area (Å²) in [6.07, 6.45) is 2.09. The fourth-order valence-corrected chi connectivity index (χ4v) is 3.98. The van der Waals surface area contributed by atoms with Crippen LogP contribution < -0.4 is 5.32 Å². The summed E-state index contributed by atoms with van der Waals surface area (Å²) in [5, 5.41) is 9.43. The zero-order chi connectivity index (χ0) is 19.2. The van der Waals surface area contributed by atoms with Gasteiger partial charge in [0.15, 0.2) is 0 Å². The third-order valence-electron chi connectivity index (χ3n) is 4.66. The van der Waals surface area contributed by atoms with E-state index in [0.29, 0.717) is 13.0 Å². The van der Waals surface area contributed by atoms with Crippen LogP contribution in [0.2, 0.25) is 0 Å². The first-order valence-electron chi connectivity index (χ1n) is 9.23. The van der Waals surface area contributed by atoms with Gasteiger partial charge in [-0.25, -0.2) is 4.68 Å². The molecular formula is C23H21N3OS. The van der Waals surface area contributed by atoms with E-state index in [1.54, 1.807) is 17.5 Å². The Morgan fingerprint density at radius 1 is 0.929 bits per heavy atom. The smallest absolute Gasteiger partial charge is 0.226 e. The zero-order valence-corrected chi connectivity index (χ0v) is 16.2. The predicted octanol–water partition coefficient (Wildman–Crippen LogP) is 5.15. The Hall–Kier alpha value is -3.18. The third-order valence-corrected chi connectivity index (χ3v) is 5.52. The van der Waals surface area contributed by atoms with Crippen LogP contribution in [0.4, 0.5) is 5.82 Å². The number of hydrogen-bond acceptors (Lipinski definition) is 3. The van der Waals surface area contributed by atoms with Crippen molar-refractivity contribution < 1.29 is 4.79 Å². The van der Waals surface area contributed by atoms with Gasteiger partial charge in [-0.1, -0.05) is 66.7 Å². The summed E-state index contributed by atoms with van der Waals surface area (Å²) in [5.74, 6) is 0.708. The minimum Gasteiger partial charge on any atom is -0.311 e. The Labute approximate surface area is 168 Å². The van der Waals surface area contributed by atoms with Crippen molar-refractivity contribution in [2.45, 2.75) is 18.9 Å². The van der Waals surface area contributed by atoms with Gasteiger partial charge in [0, 0.05) is 23.3 Å². The van der Waals surface area contributed by atoms with Crippen molar-refractivity contribution in [3.05, 3.63) is 106 Å². The number of amides is 1. The Bertz CT molecular complexity index is 971. The monoisotopic (exact) mass is 387 g/mol. The molecule has 4 rings (SSSR count). The molecule has 2 heterocycles. The van der Waals surface area contributed by atoms with E-state index in [4.69, 9.17) is 0 Å². The molecule has 1 N–H and O–H groups in total. The molecule has 140 valence electrons. The predicted molar refractivity (Wildman–Crippen MR) is 114 cm³/mol. The van der Waals surface area contributed by atoms with Crippen LogP contribution in [0.5, 0.6) is 0 Å². The first kappa shape index (κ1) is 18.2. The molecule has 28 heavy (non-hydrogen) atoms. The number of carbonyl (C=O) groups is 1. The van der Waals surface area contributed by atoms with E-state index < -0.39 is 0 Å². The zero-order valence-electron chi connectivity index (χ0n) is 15.4. The fourth-order valence-electron chi connectivity index (χ4n) is 3.29. The Kier molecular flexibility index (Phi) is 5.64. The van der Waals surface area contributed by atoms with E-state index in [1.165, 1.54) is 4.88 Å². The second-order valence-corrected chi connectivity index (χ2v) is 7.61. The number of nitrogens with one attached hydrogen (secondary N) is 1. The average Bonchev–Trinajstić information content (AvgIpc) is 3.40. The summed E-state index contributed by atoms with van der Waals surface area (Å²) in [6, 6.07) is 26.3. The van der Waals surface area contributed by atoms with Gasteiger partial charge in [0.2, 0.25) is 5.91 Å². The van der Waals surface area contributed by atoms with Crippen molar-refractivity contribution in [3.8, 4) is 0 Å². The number of thiophene rings is 1. The summed E-state index contributed by atoms with van der Waals surface area (Å²) in [5.41, 5.74) is 2.27. The summed E-state index contributed by atoms with van der Waals surface area (Å²) in [7, 11) is 0. The molecule has 0 bridgehead atoms. The Balaban J connectivity index is 1.51. The Morgan fingerprint density at radius 3 is 2.21 bits per heavy atom. The van der Waals surface area contributed by atoms with Gasteiger partial charge in [-0.15, -0.1) is 11.3 Å².